The van der Waals surface area contributed by atoms with Crippen LogP contribution in [0.3, 0.4) is 0 Å². The number of aryl methyl sites for hydroxylation is 1. The molecule has 0 aliphatic carbocycles. The average Bonchev–Trinajstić information content (AvgIpc) is 4.03. The lowest BCUT2D eigenvalue weighted by Gasteiger charge is -2.18. The summed E-state index contributed by atoms with van der Waals surface area (Å²) in [7, 11) is -3.51. The molecular weight excluding hydrogens is 1110 g/mol. The molecule has 1 atom stereocenters. The summed E-state index contributed by atoms with van der Waals surface area (Å²) in [6.07, 6.45) is 4.89. The molecule has 84 heavy (non-hydrogen) atoms. The molecule has 2 aromatic heterocycles. The molecule has 0 saturated heterocycles. The van der Waals surface area contributed by atoms with Gasteiger partial charge < -0.3 is 27.0 Å². The molecule has 4 amide bonds. The number of hydrogen-bond donors (Lipinski definition) is 5. The zero-order valence-electron chi connectivity index (χ0n) is 47.5. The number of Topliss-reactive ketones (excluding diaryl/α,β-unsaturated/α-hetero) is 9. The van der Waals surface area contributed by atoms with E-state index in [1.807, 2.05) is 0 Å². The van der Waals surface area contributed by atoms with Crippen molar-refractivity contribution < 1.29 is 70.7 Å². The fourth-order valence-corrected chi connectivity index (χ4v) is 8.21. The van der Waals surface area contributed by atoms with Gasteiger partial charge in [-0.2, -0.15) is 0 Å². The molecule has 0 bridgehead atoms. The Morgan fingerprint density at radius 2 is 1.08 bits per heavy atom. The lowest BCUT2D eigenvalue weighted by Crippen LogP contribution is -2.44. The molecule has 453 valence electrons. The highest BCUT2D eigenvalue weighted by molar-refractivity contribution is 7.90. The number of amides is 4. The second kappa shape index (κ2) is 38.6. The summed E-state index contributed by atoms with van der Waals surface area (Å²) in [5, 5.41) is 18.1. The maximum Gasteiger partial charge on any atom is 0.246 e. The van der Waals surface area contributed by atoms with Crippen LogP contribution in [-0.2, 0) is 85.3 Å². The van der Waals surface area contributed by atoms with Gasteiger partial charge in [-0.05, 0) is 56.8 Å². The van der Waals surface area contributed by atoms with E-state index in [4.69, 9.17) is 5.73 Å². The van der Waals surface area contributed by atoms with Gasteiger partial charge in [0, 0.05) is 153 Å². The van der Waals surface area contributed by atoms with Gasteiger partial charge in [-0.3, -0.25) is 67.0 Å². The first-order valence-corrected chi connectivity index (χ1v) is 29.7. The first-order valence-electron chi connectivity index (χ1n) is 27.8. The Bertz CT molecular complexity index is 2980. The van der Waals surface area contributed by atoms with Crippen LogP contribution in [0.5, 0.6) is 0 Å². The van der Waals surface area contributed by atoms with Crippen molar-refractivity contribution in [2.24, 2.45) is 5.73 Å². The van der Waals surface area contributed by atoms with E-state index in [1.54, 1.807) is 30.5 Å². The number of carbonyl (C=O) groups excluding carboxylic acids is 13. The van der Waals surface area contributed by atoms with Crippen LogP contribution in [0.15, 0.2) is 48.0 Å². The molecule has 25 nitrogen and oxygen atoms in total. The van der Waals surface area contributed by atoms with Crippen LogP contribution in [0.4, 0.5) is 5.69 Å². The van der Waals surface area contributed by atoms with Gasteiger partial charge in [0.25, 0.3) is 0 Å². The number of benzene rings is 1. The summed E-state index contributed by atoms with van der Waals surface area (Å²) in [5.41, 5.74) is 7.74. The standard InChI is InChI=1S/C58H75N10O15S/c1-40-11-13-42(14-12-40)64-57(81)53(9-6-7-31-59)65-56(80)35-52(77)34-55(79)60-32-29-50(75)27-25-48(73)23-21-46(71)19-17-44(69)15-16-45(70)18-20-47(72)22-24-49(74)26-28-51(76)30-33-68-39-43(66-67-68)38-61-54(78)10-5-3-4-8-41-36-62-58(63-37-41)84(2,82)83/h11-14,36-37,39,53H,1,3,5-7,9-10,15-35,38,59H2,2H3,(H,60,79)(H,61,78)(H,64,81)(H,65,80)/t53-/m0/s1. The van der Waals surface area contributed by atoms with Crippen LogP contribution in [0.2, 0.25) is 0 Å². The zero-order chi connectivity index (χ0) is 61.9. The maximum absolute atomic E-state index is 12.9. The Hall–Kier alpha value is -8.18. The fourth-order valence-electron chi connectivity index (χ4n) is 7.72. The minimum atomic E-state index is -3.51. The van der Waals surface area contributed by atoms with E-state index in [1.165, 1.54) is 17.1 Å². The molecular formula is C58H75N10O15S. The Labute approximate surface area is 488 Å². The molecule has 0 spiro atoms. The third-order valence-electron chi connectivity index (χ3n) is 12.6. The van der Waals surface area contributed by atoms with E-state index in [9.17, 15) is 70.7 Å². The van der Waals surface area contributed by atoms with Crippen molar-refractivity contribution in [2.75, 3.05) is 24.7 Å². The lowest BCUT2D eigenvalue weighted by molar-refractivity contribution is -0.133. The van der Waals surface area contributed by atoms with Gasteiger partial charge in [0.05, 0.1) is 31.1 Å². The number of aromatic nitrogens is 5. The van der Waals surface area contributed by atoms with Gasteiger partial charge in [-0.15, -0.1) is 5.10 Å². The third kappa shape index (κ3) is 31.9. The summed E-state index contributed by atoms with van der Waals surface area (Å²) in [4.78, 5) is 169. The van der Waals surface area contributed by atoms with Crippen LogP contribution in [-0.4, -0.2) is 134 Å². The molecule has 6 N–H and O–H groups in total. The Balaban J connectivity index is 1.16. The van der Waals surface area contributed by atoms with E-state index in [2.05, 4.69) is 60.3 Å². The van der Waals surface area contributed by atoms with Crippen LogP contribution in [0.1, 0.15) is 171 Å². The van der Waals surface area contributed by atoms with E-state index in [-0.39, 0.29) is 193 Å². The molecule has 1 aromatic carbocycles. The SMILES string of the molecule is [CH2]c1ccc(NC(=O)[C@H](CCCCN)NC(=O)CC(=O)CC(=O)NCCC(=O)CCC(=O)CCC(=O)CCC(=O)CCC(=O)CCC(=O)CCC(=O)CCC(=O)CCn2cc(CNC(=O)CCCC#Cc3cnc(S(C)(=O)=O)nc3)nn2)cc1. The van der Waals surface area contributed by atoms with E-state index < -0.39 is 52.2 Å². The molecule has 26 heteroatoms. The number of sulfone groups is 1. The van der Waals surface area contributed by atoms with Gasteiger partial charge in [-0.1, -0.05) is 29.2 Å². The minimum absolute atomic E-state index is 0.0250. The summed E-state index contributed by atoms with van der Waals surface area (Å²) in [6.45, 7) is 4.40. The highest BCUT2D eigenvalue weighted by Crippen LogP contribution is 2.13. The van der Waals surface area contributed by atoms with E-state index >= 15 is 0 Å². The summed E-state index contributed by atoms with van der Waals surface area (Å²) < 4.78 is 24.4. The van der Waals surface area contributed by atoms with Crippen molar-refractivity contribution in [3.63, 3.8) is 0 Å². The van der Waals surface area contributed by atoms with Gasteiger partial charge in [0.2, 0.25) is 38.6 Å². The maximum atomic E-state index is 12.9. The van der Waals surface area contributed by atoms with Gasteiger partial charge in [-0.25, -0.2) is 18.4 Å². The molecule has 0 unspecified atom stereocenters. The Kier molecular flexibility index (Phi) is 32.2. The van der Waals surface area contributed by atoms with Gasteiger partial charge >= 0.3 is 0 Å². The molecule has 0 fully saturated rings. The number of nitrogens with zero attached hydrogens (tertiary/aromatic N) is 5. The Morgan fingerprint density at radius 1 is 0.595 bits per heavy atom. The highest BCUT2D eigenvalue weighted by Gasteiger charge is 2.23. The number of ketones is 9. The number of anilines is 1. The van der Waals surface area contributed by atoms with Crippen molar-refractivity contribution in [2.45, 2.75) is 178 Å². The largest absolute Gasteiger partial charge is 0.355 e. The smallest absolute Gasteiger partial charge is 0.246 e. The molecule has 0 saturated carbocycles. The molecule has 0 aliphatic rings. The number of rotatable bonds is 44. The summed E-state index contributed by atoms with van der Waals surface area (Å²) >= 11 is 0. The minimum Gasteiger partial charge on any atom is -0.355 e. The number of carbonyl (C=O) groups is 13. The number of nitrogens with two attached hydrogens (primary N) is 1. The quantitative estimate of drug-likeness (QED) is 0.0235. The van der Waals surface area contributed by atoms with Crippen molar-refractivity contribution in [3.05, 3.63) is 66.6 Å². The number of unbranched alkanes of at least 4 members (excludes halogenated alkanes) is 2. The molecule has 1 radical (unpaired) electrons. The third-order valence-corrected chi connectivity index (χ3v) is 13.5. The van der Waals surface area contributed by atoms with Crippen LogP contribution < -0.4 is 27.0 Å². The van der Waals surface area contributed by atoms with Crippen LogP contribution in [0.25, 0.3) is 0 Å². The second-order valence-corrected chi connectivity index (χ2v) is 22.0. The molecule has 2 heterocycles. The first-order chi connectivity index (χ1) is 40.0. The zero-order valence-corrected chi connectivity index (χ0v) is 48.3. The van der Waals surface area contributed by atoms with Crippen molar-refractivity contribution in [1.82, 2.24) is 40.9 Å². The van der Waals surface area contributed by atoms with Crippen molar-refractivity contribution in [3.8, 4) is 11.8 Å². The normalized spacial score (nSPS) is 11.3. The first kappa shape index (κ1) is 70.1. The van der Waals surface area contributed by atoms with Crippen LogP contribution >= 0.6 is 0 Å². The van der Waals surface area contributed by atoms with E-state index in [0.717, 1.165) is 11.8 Å². The summed E-state index contributed by atoms with van der Waals surface area (Å²) in [6, 6.07) is 5.79. The van der Waals surface area contributed by atoms with Gasteiger partial charge in [0.1, 0.15) is 58.0 Å². The molecule has 0 aliphatic heterocycles. The van der Waals surface area contributed by atoms with Crippen molar-refractivity contribution in [1.29, 1.82) is 0 Å². The Morgan fingerprint density at radius 3 is 1.58 bits per heavy atom. The van der Waals surface area contributed by atoms with Crippen LogP contribution in [0, 0.1) is 18.8 Å². The lowest BCUT2D eigenvalue weighted by atomic mass is 10.00. The number of hydrogen-bond acceptors (Lipinski definition) is 20. The van der Waals surface area contributed by atoms with Gasteiger partial charge in [0.15, 0.2) is 5.78 Å². The molecule has 3 rings (SSSR count). The second-order valence-electron chi connectivity index (χ2n) is 20.1. The highest BCUT2D eigenvalue weighted by atomic mass is 32.2. The predicted octanol–water partition coefficient (Wildman–Crippen LogP) is 3.00. The topological polar surface area (TPSA) is 387 Å². The summed E-state index contributed by atoms with van der Waals surface area (Å²) in [5.74, 6) is 0.367. The number of nitrogens with one attached hydrogen (secondary N) is 4. The predicted molar refractivity (Wildman–Crippen MR) is 303 cm³/mol. The van der Waals surface area contributed by atoms with E-state index in [0.29, 0.717) is 49.2 Å². The average molecular weight is 1180 g/mol. The molecule has 3 aromatic rings. The monoisotopic (exact) mass is 1180 g/mol. The fraction of sp³-hybridized carbons (Fsp3) is 0.517. The van der Waals surface area contributed by atoms with Crippen molar-refractivity contribution >= 4 is 91.2 Å².